The second kappa shape index (κ2) is 8.39. The van der Waals surface area contributed by atoms with Gasteiger partial charge >= 0.3 is 12.6 Å². The van der Waals surface area contributed by atoms with Crippen LogP contribution < -0.4 is 4.74 Å². The predicted molar refractivity (Wildman–Crippen MR) is 92.7 cm³/mol. The Balaban J connectivity index is 1.56. The Morgan fingerprint density at radius 2 is 1.89 bits per heavy atom. The molecule has 140 valence electrons. The molecule has 0 N–H and O–H groups in total. The molecular formula is C19H16F2N2O4. The minimum absolute atomic E-state index is 0.0100. The standard InChI is InChI=1S/C19H16F2N2O4/c20-19(21)27-15-8-4-7-14(11-15)18(25)26-12-17(24)23-10-9-16(22-23)13-5-2-1-3-6-13/h1-8,11,19H,9-10,12H2. The Hall–Kier alpha value is -3.29. The highest BCUT2D eigenvalue weighted by atomic mass is 19.3. The van der Waals surface area contributed by atoms with Gasteiger partial charge in [0.1, 0.15) is 5.75 Å². The molecule has 0 fully saturated rings. The summed E-state index contributed by atoms with van der Waals surface area (Å²) < 4.78 is 33.7. The van der Waals surface area contributed by atoms with Crippen molar-refractivity contribution in [3.8, 4) is 5.75 Å². The predicted octanol–water partition coefficient (Wildman–Crippen LogP) is 3.08. The first-order valence-corrected chi connectivity index (χ1v) is 8.18. The largest absolute Gasteiger partial charge is 0.452 e. The third-order valence-corrected chi connectivity index (χ3v) is 3.82. The second-order valence-corrected chi connectivity index (χ2v) is 5.66. The maximum absolute atomic E-state index is 12.2. The normalized spacial score (nSPS) is 13.4. The van der Waals surface area contributed by atoms with E-state index in [9.17, 15) is 18.4 Å². The minimum Gasteiger partial charge on any atom is -0.452 e. The van der Waals surface area contributed by atoms with Crippen LogP contribution in [0.5, 0.6) is 5.75 Å². The fourth-order valence-electron chi connectivity index (χ4n) is 2.55. The SMILES string of the molecule is O=C(OCC(=O)N1CCC(c2ccccc2)=N1)c1cccc(OC(F)F)c1. The Morgan fingerprint density at radius 1 is 1.11 bits per heavy atom. The van der Waals surface area contributed by atoms with Gasteiger partial charge in [-0.15, -0.1) is 0 Å². The van der Waals surface area contributed by atoms with Gasteiger partial charge in [0.25, 0.3) is 5.91 Å². The lowest BCUT2D eigenvalue weighted by molar-refractivity contribution is -0.134. The highest BCUT2D eigenvalue weighted by Crippen LogP contribution is 2.17. The van der Waals surface area contributed by atoms with Crippen molar-refractivity contribution in [3.63, 3.8) is 0 Å². The highest BCUT2D eigenvalue weighted by Gasteiger charge is 2.23. The van der Waals surface area contributed by atoms with E-state index in [1.165, 1.54) is 23.2 Å². The van der Waals surface area contributed by atoms with Crippen LogP contribution >= 0.6 is 0 Å². The molecule has 1 aliphatic heterocycles. The summed E-state index contributed by atoms with van der Waals surface area (Å²) in [6, 6.07) is 14.6. The summed E-state index contributed by atoms with van der Waals surface area (Å²) >= 11 is 0. The van der Waals surface area contributed by atoms with Gasteiger partial charge < -0.3 is 9.47 Å². The number of hydrogen-bond donors (Lipinski definition) is 0. The van der Waals surface area contributed by atoms with E-state index in [0.717, 1.165) is 17.3 Å². The summed E-state index contributed by atoms with van der Waals surface area (Å²) in [5.41, 5.74) is 1.73. The van der Waals surface area contributed by atoms with E-state index >= 15 is 0 Å². The number of benzene rings is 2. The van der Waals surface area contributed by atoms with Crippen LogP contribution in [0.1, 0.15) is 22.3 Å². The molecule has 0 unspecified atom stereocenters. The van der Waals surface area contributed by atoms with Crippen LogP contribution in [-0.2, 0) is 9.53 Å². The zero-order chi connectivity index (χ0) is 19.2. The number of amides is 1. The first kappa shape index (κ1) is 18.5. The van der Waals surface area contributed by atoms with Gasteiger partial charge in [0, 0.05) is 6.42 Å². The number of halogens is 2. The van der Waals surface area contributed by atoms with Crippen LogP contribution in [0, 0.1) is 0 Å². The highest BCUT2D eigenvalue weighted by molar-refractivity contribution is 6.02. The van der Waals surface area contributed by atoms with E-state index in [1.807, 2.05) is 30.3 Å². The van der Waals surface area contributed by atoms with E-state index in [4.69, 9.17) is 4.74 Å². The molecule has 0 saturated heterocycles. The van der Waals surface area contributed by atoms with E-state index in [-0.39, 0.29) is 11.3 Å². The van der Waals surface area contributed by atoms with Crippen molar-refractivity contribution in [2.45, 2.75) is 13.0 Å². The average Bonchev–Trinajstić information content (AvgIpc) is 3.16. The second-order valence-electron chi connectivity index (χ2n) is 5.66. The number of hydrogen-bond acceptors (Lipinski definition) is 5. The molecule has 0 bridgehead atoms. The van der Waals surface area contributed by atoms with Crippen LogP contribution in [0.4, 0.5) is 8.78 Å². The van der Waals surface area contributed by atoms with Crippen molar-refractivity contribution in [1.82, 2.24) is 5.01 Å². The average molecular weight is 374 g/mol. The van der Waals surface area contributed by atoms with Crippen LogP contribution in [0.3, 0.4) is 0 Å². The van der Waals surface area contributed by atoms with Gasteiger partial charge in [-0.25, -0.2) is 9.80 Å². The molecule has 2 aromatic carbocycles. The number of carbonyl (C=O) groups is 2. The number of nitrogens with zero attached hydrogens (tertiary/aromatic N) is 2. The molecule has 1 amide bonds. The fourth-order valence-corrected chi connectivity index (χ4v) is 2.55. The van der Waals surface area contributed by atoms with Crippen LogP contribution in [0.25, 0.3) is 0 Å². The van der Waals surface area contributed by atoms with Crippen molar-refractivity contribution in [2.24, 2.45) is 5.10 Å². The van der Waals surface area contributed by atoms with E-state index in [2.05, 4.69) is 9.84 Å². The van der Waals surface area contributed by atoms with Crippen molar-refractivity contribution >= 4 is 17.6 Å². The monoisotopic (exact) mass is 374 g/mol. The van der Waals surface area contributed by atoms with Crippen LogP contribution in [-0.4, -0.2) is 42.4 Å². The summed E-state index contributed by atoms with van der Waals surface area (Å²) in [4.78, 5) is 24.2. The van der Waals surface area contributed by atoms with E-state index < -0.39 is 25.1 Å². The molecule has 1 heterocycles. The Morgan fingerprint density at radius 3 is 2.63 bits per heavy atom. The van der Waals surface area contributed by atoms with Crippen molar-refractivity contribution < 1.29 is 27.8 Å². The number of ether oxygens (including phenoxy) is 2. The molecule has 0 radical (unpaired) electrons. The van der Waals surface area contributed by atoms with Gasteiger partial charge in [0.05, 0.1) is 17.8 Å². The summed E-state index contributed by atoms with van der Waals surface area (Å²) in [6.07, 6.45) is 0.608. The third kappa shape index (κ3) is 4.87. The molecule has 0 saturated carbocycles. The van der Waals surface area contributed by atoms with Gasteiger partial charge in [-0.3, -0.25) is 4.79 Å². The fraction of sp³-hybridized carbons (Fsp3) is 0.211. The summed E-state index contributed by atoms with van der Waals surface area (Å²) in [7, 11) is 0. The summed E-state index contributed by atoms with van der Waals surface area (Å²) in [5.74, 6) is -1.44. The first-order valence-electron chi connectivity index (χ1n) is 8.18. The van der Waals surface area contributed by atoms with E-state index in [0.29, 0.717) is 13.0 Å². The van der Waals surface area contributed by atoms with Crippen molar-refractivity contribution in [1.29, 1.82) is 0 Å². The van der Waals surface area contributed by atoms with Gasteiger partial charge in [0.2, 0.25) is 0 Å². The molecule has 6 nitrogen and oxygen atoms in total. The van der Waals surface area contributed by atoms with Gasteiger partial charge in [-0.05, 0) is 23.8 Å². The Kier molecular flexibility index (Phi) is 5.75. The molecule has 0 spiro atoms. The summed E-state index contributed by atoms with van der Waals surface area (Å²) in [6.45, 7) is -3.09. The van der Waals surface area contributed by atoms with E-state index in [1.54, 1.807) is 0 Å². The van der Waals surface area contributed by atoms with Gasteiger partial charge in [-0.1, -0.05) is 36.4 Å². The number of rotatable bonds is 6. The molecule has 27 heavy (non-hydrogen) atoms. The smallest absolute Gasteiger partial charge is 0.387 e. The van der Waals surface area contributed by atoms with Gasteiger partial charge in [-0.2, -0.15) is 13.9 Å². The molecule has 1 aliphatic rings. The van der Waals surface area contributed by atoms with Crippen molar-refractivity contribution in [2.75, 3.05) is 13.2 Å². The lowest BCUT2D eigenvalue weighted by Crippen LogP contribution is -2.28. The molecule has 0 aliphatic carbocycles. The zero-order valence-corrected chi connectivity index (χ0v) is 14.2. The maximum Gasteiger partial charge on any atom is 0.387 e. The number of carbonyl (C=O) groups excluding carboxylic acids is 2. The number of alkyl halides is 2. The lowest BCUT2D eigenvalue weighted by atomic mass is 10.1. The molecule has 3 rings (SSSR count). The molecule has 0 atom stereocenters. The molecular weight excluding hydrogens is 358 g/mol. The summed E-state index contributed by atoms with van der Waals surface area (Å²) in [5, 5.41) is 5.52. The zero-order valence-electron chi connectivity index (χ0n) is 14.2. The first-order chi connectivity index (χ1) is 13.0. The van der Waals surface area contributed by atoms with Gasteiger partial charge in [0.15, 0.2) is 6.61 Å². The molecule has 0 aromatic heterocycles. The number of hydrazone groups is 1. The molecule has 2 aromatic rings. The number of esters is 1. The minimum atomic E-state index is -3.00. The maximum atomic E-state index is 12.2. The topological polar surface area (TPSA) is 68.2 Å². The van der Waals surface area contributed by atoms with Crippen molar-refractivity contribution in [3.05, 3.63) is 65.7 Å². The Bertz CT molecular complexity index is 856. The molecule has 8 heteroatoms. The third-order valence-electron chi connectivity index (χ3n) is 3.82. The quantitative estimate of drug-likeness (QED) is 0.729. The van der Waals surface area contributed by atoms with Crippen LogP contribution in [0.15, 0.2) is 59.7 Å². The lowest BCUT2D eigenvalue weighted by Gasteiger charge is -2.12. The van der Waals surface area contributed by atoms with Crippen LogP contribution in [0.2, 0.25) is 0 Å². The Labute approximate surface area is 154 Å².